The second-order valence-corrected chi connectivity index (χ2v) is 7.68. The zero-order valence-corrected chi connectivity index (χ0v) is 16.4. The Labute approximate surface area is 163 Å². The maximum Gasteiger partial charge on any atom is 0.0372 e. The summed E-state index contributed by atoms with van der Waals surface area (Å²) in [5.41, 5.74) is 8.07. The van der Waals surface area contributed by atoms with Crippen molar-refractivity contribution in [2.45, 2.75) is 20.4 Å². The van der Waals surface area contributed by atoms with Crippen molar-refractivity contribution >= 4 is 5.69 Å². The number of nitrogens with zero attached hydrogens (tertiary/aromatic N) is 2. The van der Waals surface area contributed by atoms with Crippen molar-refractivity contribution in [1.29, 1.82) is 0 Å². The summed E-state index contributed by atoms with van der Waals surface area (Å²) in [6, 6.07) is 26.5. The maximum atomic E-state index is 2.57. The highest BCUT2D eigenvalue weighted by atomic mass is 15.3. The Kier molecular flexibility index (Phi) is 5.26. The lowest BCUT2D eigenvalue weighted by Crippen LogP contribution is -2.46. The minimum Gasteiger partial charge on any atom is -0.369 e. The maximum absolute atomic E-state index is 2.57. The van der Waals surface area contributed by atoms with Gasteiger partial charge in [-0.3, -0.25) is 4.90 Å². The largest absolute Gasteiger partial charge is 0.369 e. The van der Waals surface area contributed by atoms with Crippen LogP contribution in [0.15, 0.2) is 72.8 Å². The van der Waals surface area contributed by atoms with Gasteiger partial charge in [0.05, 0.1) is 0 Å². The molecule has 0 radical (unpaired) electrons. The molecule has 0 spiro atoms. The molecule has 138 valence electrons. The minimum absolute atomic E-state index is 1.03. The topological polar surface area (TPSA) is 6.48 Å². The van der Waals surface area contributed by atoms with Crippen LogP contribution in [0, 0.1) is 13.8 Å². The Morgan fingerprint density at radius 1 is 0.667 bits per heavy atom. The van der Waals surface area contributed by atoms with E-state index in [4.69, 9.17) is 0 Å². The van der Waals surface area contributed by atoms with Gasteiger partial charge in [-0.1, -0.05) is 54.6 Å². The van der Waals surface area contributed by atoms with E-state index in [0.29, 0.717) is 0 Å². The molecule has 0 saturated carbocycles. The van der Waals surface area contributed by atoms with Crippen LogP contribution in [0.3, 0.4) is 0 Å². The first-order valence-corrected chi connectivity index (χ1v) is 9.87. The smallest absolute Gasteiger partial charge is 0.0372 e. The average molecular weight is 357 g/mol. The van der Waals surface area contributed by atoms with Crippen LogP contribution in [0.4, 0.5) is 5.69 Å². The number of benzene rings is 3. The minimum atomic E-state index is 1.03. The molecule has 0 aliphatic carbocycles. The SMILES string of the molecule is Cc1cc(C)cc(N2CCN(Cc3cccc(-c4ccccc4)c3)CC2)c1. The molecule has 1 aliphatic heterocycles. The van der Waals surface area contributed by atoms with Crippen LogP contribution in [0.2, 0.25) is 0 Å². The molecule has 2 nitrogen and oxygen atoms in total. The van der Waals surface area contributed by atoms with Crippen LogP contribution >= 0.6 is 0 Å². The third-order valence-electron chi connectivity index (χ3n) is 5.38. The van der Waals surface area contributed by atoms with E-state index in [1.807, 2.05) is 0 Å². The van der Waals surface area contributed by atoms with Crippen molar-refractivity contribution < 1.29 is 0 Å². The number of piperazine rings is 1. The fourth-order valence-corrected chi connectivity index (χ4v) is 4.04. The van der Waals surface area contributed by atoms with E-state index in [0.717, 1.165) is 32.7 Å². The van der Waals surface area contributed by atoms with Gasteiger partial charge in [-0.2, -0.15) is 0 Å². The van der Waals surface area contributed by atoms with Gasteiger partial charge in [-0.05, 0) is 59.9 Å². The first kappa shape index (κ1) is 17.8. The van der Waals surface area contributed by atoms with Gasteiger partial charge in [-0.15, -0.1) is 0 Å². The number of hydrogen-bond donors (Lipinski definition) is 0. The quantitative estimate of drug-likeness (QED) is 0.626. The van der Waals surface area contributed by atoms with Gasteiger partial charge in [0, 0.05) is 38.4 Å². The summed E-state index contributed by atoms with van der Waals surface area (Å²) >= 11 is 0. The van der Waals surface area contributed by atoms with E-state index < -0.39 is 0 Å². The normalized spacial score (nSPS) is 15.1. The van der Waals surface area contributed by atoms with E-state index in [9.17, 15) is 0 Å². The highest BCUT2D eigenvalue weighted by Crippen LogP contribution is 2.23. The van der Waals surface area contributed by atoms with Gasteiger partial charge >= 0.3 is 0 Å². The molecular formula is C25H28N2. The molecule has 0 amide bonds. The first-order valence-electron chi connectivity index (χ1n) is 9.87. The molecule has 0 unspecified atom stereocenters. The summed E-state index contributed by atoms with van der Waals surface area (Å²) in [4.78, 5) is 5.10. The number of aryl methyl sites for hydroxylation is 2. The van der Waals surface area contributed by atoms with E-state index in [1.165, 1.54) is 33.5 Å². The predicted octanol–water partition coefficient (Wildman–Crippen LogP) is 5.29. The fraction of sp³-hybridized carbons (Fsp3) is 0.280. The van der Waals surface area contributed by atoms with E-state index in [1.54, 1.807) is 0 Å². The van der Waals surface area contributed by atoms with Gasteiger partial charge in [0.25, 0.3) is 0 Å². The molecule has 1 saturated heterocycles. The fourth-order valence-electron chi connectivity index (χ4n) is 4.04. The number of anilines is 1. The third-order valence-corrected chi connectivity index (χ3v) is 5.38. The molecule has 0 atom stereocenters. The zero-order valence-electron chi connectivity index (χ0n) is 16.4. The average Bonchev–Trinajstić information content (AvgIpc) is 2.69. The lowest BCUT2D eigenvalue weighted by Gasteiger charge is -2.36. The molecule has 1 heterocycles. The second-order valence-electron chi connectivity index (χ2n) is 7.68. The summed E-state index contributed by atoms with van der Waals surface area (Å²) < 4.78 is 0. The van der Waals surface area contributed by atoms with Crippen LogP contribution in [0.1, 0.15) is 16.7 Å². The second kappa shape index (κ2) is 7.98. The number of hydrogen-bond acceptors (Lipinski definition) is 2. The van der Waals surface area contributed by atoms with E-state index in [-0.39, 0.29) is 0 Å². The van der Waals surface area contributed by atoms with Crippen LogP contribution in [-0.4, -0.2) is 31.1 Å². The molecule has 3 aromatic carbocycles. The van der Waals surface area contributed by atoms with Crippen LogP contribution < -0.4 is 4.90 Å². The summed E-state index contributed by atoms with van der Waals surface area (Å²) in [6.45, 7) is 9.83. The Hall–Kier alpha value is -2.58. The lowest BCUT2D eigenvalue weighted by molar-refractivity contribution is 0.250. The molecule has 0 aromatic heterocycles. The van der Waals surface area contributed by atoms with Gasteiger partial charge in [0.1, 0.15) is 0 Å². The Morgan fingerprint density at radius 2 is 1.33 bits per heavy atom. The molecule has 1 fully saturated rings. The van der Waals surface area contributed by atoms with E-state index in [2.05, 4.69) is 96.4 Å². The predicted molar refractivity (Wildman–Crippen MR) is 115 cm³/mol. The molecule has 27 heavy (non-hydrogen) atoms. The molecule has 2 heteroatoms. The molecule has 0 bridgehead atoms. The highest BCUT2D eigenvalue weighted by Gasteiger charge is 2.17. The Bertz CT molecular complexity index is 873. The van der Waals surface area contributed by atoms with Crippen LogP contribution in [0.25, 0.3) is 11.1 Å². The van der Waals surface area contributed by atoms with Gasteiger partial charge in [-0.25, -0.2) is 0 Å². The van der Waals surface area contributed by atoms with Crippen molar-refractivity contribution in [3.63, 3.8) is 0 Å². The van der Waals surface area contributed by atoms with Crippen molar-refractivity contribution in [3.05, 3.63) is 89.5 Å². The first-order chi connectivity index (χ1) is 13.2. The van der Waals surface area contributed by atoms with Crippen molar-refractivity contribution in [3.8, 4) is 11.1 Å². The van der Waals surface area contributed by atoms with Gasteiger partial charge in [0.15, 0.2) is 0 Å². The lowest BCUT2D eigenvalue weighted by atomic mass is 10.0. The van der Waals surface area contributed by atoms with Crippen LogP contribution in [0.5, 0.6) is 0 Å². The highest BCUT2D eigenvalue weighted by molar-refractivity contribution is 5.63. The number of rotatable bonds is 4. The standard InChI is InChI=1S/C25H28N2/c1-20-15-21(2)17-25(16-20)27-13-11-26(12-14-27)19-22-7-6-10-24(18-22)23-8-4-3-5-9-23/h3-10,15-18H,11-14,19H2,1-2H3. The molecular weight excluding hydrogens is 328 g/mol. The molecule has 3 aromatic rings. The van der Waals surface area contributed by atoms with E-state index >= 15 is 0 Å². The van der Waals surface area contributed by atoms with Crippen LogP contribution in [-0.2, 0) is 6.54 Å². The van der Waals surface area contributed by atoms with Crippen molar-refractivity contribution in [1.82, 2.24) is 4.90 Å². The summed E-state index contributed by atoms with van der Waals surface area (Å²) in [6.07, 6.45) is 0. The van der Waals surface area contributed by atoms with Gasteiger partial charge < -0.3 is 4.90 Å². The zero-order chi connectivity index (χ0) is 18.6. The summed E-state index contributed by atoms with van der Waals surface area (Å²) in [5.74, 6) is 0. The van der Waals surface area contributed by atoms with Gasteiger partial charge in [0.2, 0.25) is 0 Å². The molecule has 0 N–H and O–H groups in total. The third kappa shape index (κ3) is 4.40. The Morgan fingerprint density at radius 3 is 2.04 bits per heavy atom. The summed E-state index contributed by atoms with van der Waals surface area (Å²) in [7, 11) is 0. The van der Waals surface area contributed by atoms with Crippen molar-refractivity contribution in [2.24, 2.45) is 0 Å². The van der Waals surface area contributed by atoms with Crippen molar-refractivity contribution in [2.75, 3.05) is 31.1 Å². The molecule has 1 aliphatic rings. The molecule has 4 rings (SSSR count). The monoisotopic (exact) mass is 356 g/mol. The summed E-state index contributed by atoms with van der Waals surface area (Å²) in [5, 5.41) is 0. The Balaban J connectivity index is 1.39.